The molecule has 21 nitrogen and oxygen atoms in total. The molecule has 4 aliphatic rings. The van der Waals surface area contributed by atoms with Crippen molar-refractivity contribution in [3.63, 3.8) is 0 Å². The molecule has 45 heavy (non-hydrogen) atoms. The van der Waals surface area contributed by atoms with E-state index >= 15 is 0 Å². The SMILES string of the molecule is OC[C@H]1O[C@H](O[C@@H]2[C@H](O)[C@@H](O)[C@@H](O[C@@H]3[C@H](O)[C@@H](O)[C@H](O[C@H]4[C@H](O)[C@@H](O)C(O)O[C@@H]4CO)O[C@@H]3CO)O[C@@H]2CO)[C@H](O)[C@@H](O)[C@H]1O. The molecule has 0 aromatic rings. The summed E-state index contributed by atoms with van der Waals surface area (Å²) in [6, 6.07) is 0. The molecule has 0 aliphatic carbocycles. The van der Waals surface area contributed by atoms with Crippen LogP contribution in [0.15, 0.2) is 0 Å². The topological polar surface area (TPSA) is 348 Å². The number of ether oxygens (including phenoxy) is 7. The van der Waals surface area contributed by atoms with Gasteiger partial charge < -0.3 is 105 Å². The zero-order valence-electron chi connectivity index (χ0n) is 23.5. The number of aliphatic hydroxyl groups excluding tert-OH is 14. The first-order valence-electron chi connectivity index (χ1n) is 14.1. The van der Waals surface area contributed by atoms with E-state index in [1.54, 1.807) is 0 Å². The zero-order chi connectivity index (χ0) is 33.3. The van der Waals surface area contributed by atoms with E-state index in [0.29, 0.717) is 0 Å². The largest absolute Gasteiger partial charge is 0.394 e. The van der Waals surface area contributed by atoms with Gasteiger partial charge in [-0.3, -0.25) is 0 Å². The number of rotatable bonds is 10. The maximum Gasteiger partial charge on any atom is 0.187 e. The molecule has 14 N–H and O–H groups in total. The van der Waals surface area contributed by atoms with Gasteiger partial charge in [-0.15, -0.1) is 0 Å². The second kappa shape index (κ2) is 15.6. The molecule has 0 aromatic carbocycles. The Balaban J connectivity index is 1.43. The van der Waals surface area contributed by atoms with Crippen molar-refractivity contribution >= 4 is 0 Å². The van der Waals surface area contributed by atoms with Crippen LogP contribution >= 0.6 is 0 Å². The van der Waals surface area contributed by atoms with Gasteiger partial charge in [-0.05, 0) is 0 Å². The quantitative estimate of drug-likeness (QED) is 0.103. The van der Waals surface area contributed by atoms with Crippen LogP contribution in [-0.2, 0) is 33.2 Å². The van der Waals surface area contributed by atoms with E-state index in [1.165, 1.54) is 0 Å². The summed E-state index contributed by atoms with van der Waals surface area (Å²) in [6.07, 6.45) is -35.3. The number of hydrogen-bond donors (Lipinski definition) is 14. The van der Waals surface area contributed by atoms with E-state index in [1.807, 2.05) is 0 Å². The molecule has 0 saturated carbocycles. The van der Waals surface area contributed by atoms with Crippen LogP contribution in [0.5, 0.6) is 0 Å². The minimum Gasteiger partial charge on any atom is -0.394 e. The van der Waals surface area contributed by atoms with Gasteiger partial charge in [0, 0.05) is 0 Å². The van der Waals surface area contributed by atoms with Crippen molar-refractivity contribution in [1.29, 1.82) is 0 Å². The minimum atomic E-state index is -2.02. The third-order valence-corrected chi connectivity index (χ3v) is 8.20. The van der Waals surface area contributed by atoms with Gasteiger partial charge in [0.1, 0.15) is 97.7 Å². The molecule has 0 aromatic heterocycles. The summed E-state index contributed by atoms with van der Waals surface area (Å²) in [5, 5.41) is 142. The second-order valence-corrected chi connectivity index (χ2v) is 11.1. The van der Waals surface area contributed by atoms with Crippen LogP contribution in [0.2, 0.25) is 0 Å². The summed E-state index contributed by atoms with van der Waals surface area (Å²) in [7, 11) is 0. The average molecular weight is 667 g/mol. The van der Waals surface area contributed by atoms with Gasteiger partial charge in [0.05, 0.1) is 26.4 Å². The molecular formula is C24H42O21. The van der Waals surface area contributed by atoms with Crippen LogP contribution in [0.1, 0.15) is 0 Å². The van der Waals surface area contributed by atoms with Gasteiger partial charge >= 0.3 is 0 Å². The summed E-state index contributed by atoms with van der Waals surface area (Å²) >= 11 is 0. The second-order valence-electron chi connectivity index (χ2n) is 11.1. The van der Waals surface area contributed by atoms with Crippen LogP contribution < -0.4 is 0 Å². The first kappa shape index (κ1) is 37.0. The lowest BCUT2D eigenvalue weighted by atomic mass is 9.95. The lowest BCUT2D eigenvalue weighted by Crippen LogP contribution is -2.67. The van der Waals surface area contributed by atoms with Gasteiger partial charge in [-0.25, -0.2) is 0 Å². The average Bonchev–Trinajstić information content (AvgIpc) is 3.03. The van der Waals surface area contributed by atoms with Crippen LogP contribution in [0, 0.1) is 0 Å². The lowest BCUT2D eigenvalue weighted by Gasteiger charge is -2.49. The predicted molar refractivity (Wildman–Crippen MR) is 134 cm³/mol. The van der Waals surface area contributed by atoms with E-state index in [-0.39, 0.29) is 0 Å². The third kappa shape index (κ3) is 7.44. The van der Waals surface area contributed by atoms with Crippen LogP contribution in [0.3, 0.4) is 0 Å². The van der Waals surface area contributed by atoms with Crippen molar-refractivity contribution in [2.75, 3.05) is 26.4 Å². The molecule has 4 saturated heterocycles. The molecular weight excluding hydrogens is 624 g/mol. The molecule has 0 radical (unpaired) electrons. The Bertz CT molecular complexity index is 910. The van der Waals surface area contributed by atoms with Crippen molar-refractivity contribution in [1.82, 2.24) is 0 Å². The normalized spacial score (nSPS) is 52.9. The summed E-state index contributed by atoms with van der Waals surface area (Å²) < 4.78 is 37.7. The Labute approximate surface area is 254 Å². The molecule has 4 fully saturated rings. The minimum absolute atomic E-state index is 0.784. The van der Waals surface area contributed by atoms with Crippen molar-refractivity contribution in [3.05, 3.63) is 0 Å². The summed E-state index contributed by atoms with van der Waals surface area (Å²) in [4.78, 5) is 0. The fraction of sp³-hybridized carbons (Fsp3) is 1.00. The zero-order valence-corrected chi connectivity index (χ0v) is 23.5. The highest BCUT2D eigenvalue weighted by Gasteiger charge is 2.55. The monoisotopic (exact) mass is 666 g/mol. The van der Waals surface area contributed by atoms with Gasteiger partial charge in [-0.2, -0.15) is 0 Å². The van der Waals surface area contributed by atoms with E-state index in [2.05, 4.69) is 0 Å². The van der Waals surface area contributed by atoms with Crippen molar-refractivity contribution < 1.29 is 105 Å². The summed E-state index contributed by atoms with van der Waals surface area (Å²) in [6.45, 7) is -3.39. The maximum absolute atomic E-state index is 10.9. The smallest absolute Gasteiger partial charge is 0.187 e. The van der Waals surface area contributed by atoms with Gasteiger partial charge in [0.25, 0.3) is 0 Å². The standard InChI is InChI=1S/C24H42O21/c25-1-5-9(29)10(30)15(35)22(40-5)44-19-7(3-27)42-24(17(37)12(19)32)45-20-8(4-28)41-23(16(36)13(20)33)43-18-6(2-26)39-21(38)14(34)11(18)31/h5-38H,1-4H2/t5-,6-,7-,8-,9+,10+,11-,12-,13-,14-,15-,16-,17-,18-,19+,20+,21?,22-,23+,24-/m1/s1. The number of hydrogen-bond acceptors (Lipinski definition) is 21. The Morgan fingerprint density at radius 1 is 0.333 bits per heavy atom. The Morgan fingerprint density at radius 3 is 1.02 bits per heavy atom. The molecule has 0 amide bonds. The molecule has 20 atom stereocenters. The predicted octanol–water partition coefficient (Wildman–Crippen LogP) is -9.75. The first-order chi connectivity index (χ1) is 21.3. The molecule has 21 heteroatoms. The highest BCUT2D eigenvalue weighted by atomic mass is 16.8. The van der Waals surface area contributed by atoms with E-state index in [0.717, 1.165) is 0 Å². The molecule has 4 aliphatic heterocycles. The Hall–Kier alpha value is -0.840. The summed E-state index contributed by atoms with van der Waals surface area (Å²) in [5.41, 5.74) is 0. The van der Waals surface area contributed by atoms with E-state index in [9.17, 15) is 71.5 Å². The van der Waals surface area contributed by atoms with Crippen LogP contribution in [0.4, 0.5) is 0 Å². The van der Waals surface area contributed by atoms with Crippen molar-refractivity contribution in [2.24, 2.45) is 0 Å². The van der Waals surface area contributed by atoms with Crippen molar-refractivity contribution in [2.45, 2.75) is 123 Å². The molecule has 0 bridgehead atoms. The van der Waals surface area contributed by atoms with Crippen LogP contribution in [0.25, 0.3) is 0 Å². The molecule has 264 valence electrons. The Morgan fingerprint density at radius 2 is 0.644 bits per heavy atom. The Kier molecular flexibility index (Phi) is 12.8. The summed E-state index contributed by atoms with van der Waals surface area (Å²) in [5.74, 6) is 0. The van der Waals surface area contributed by atoms with E-state index < -0.39 is 149 Å². The molecule has 4 rings (SSSR count). The highest BCUT2D eigenvalue weighted by Crippen LogP contribution is 2.34. The first-order valence-corrected chi connectivity index (χ1v) is 14.1. The van der Waals surface area contributed by atoms with Gasteiger partial charge in [-0.1, -0.05) is 0 Å². The number of aliphatic hydroxyl groups is 14. The maximum atomic E-state index is 10.9. The van der Waals surface area contributed by atoms with Gasteiger partial charge in [0.15, 0.2) is 25.2 Å². The fourth-order valence-corrected chi connectivity index (χ4v) is 5.55. The van der Waals surface area contributed by atoms with Crippen molar-refractivity contribution in [3.8, 4) is 0 Å². The molecule has 4 heterocycles. The molecule has 1 unspecified atom stereocenters. The van der Waals surface area contributed by atoms with Gasteiger partial charge in [0.2, 0.25) is 0 Å². The van der Waals surface area contributed by atoms with Crippen LogP contribution in [-0.4, -0.2) is 221 Å². The third-order valence-electron chi connectivity index (χ3n) is 8.20. The fourth-order valence-electron chi connectivity index (χ4n) is 5.55. The molecule has 0 spiro atoms. The lowest BCUT2D eigenvalue weighted by molar-refractivity contribution is -0.387. The van der Waals surface area contributed by atoms with E-state index in [4.69, 9.17) is 33.2 Å². The highest BCUT2D eigenvalue weighted by molar-refractivity contribution is 4.97.